The molecule has 0 aromatic carbocycles. The molecule has 0 bridgehead atoms. The summed E-state index contributed by atoms with van der Waals surface area (Å²) in [6.45, 7) is -0.805. The Bertz CT molecular complexity index is 581. The molecule has 10 nitrogen and oxygen atoms in total. The molecule has 112 valence electrons. The minimum atomic E-state index is -3.80. The number of hydrogen-bond acceptors (Lipinski definition) is 6. The molecule has 1 heterocycles. The van der Waals surface area contributed by atoms with Crippen LogP contribution in [0.25, 0.3) is 0 Å². The Hall–Kier alpha value is -1.98. The summed E-state index contributed by atoms with van der Waals surface area (Å²) in [6, 6.07) is 0. The molecule has 1 amide bonds. The van der Waals surface area contributed by atoms with Crippen molar-refractivity contribution in [1.82, 2.24) is 14.5 Å². The lowest BCUT2D eigenvalue weighted by Crippen LogP contribution is -2.28. The SMILES string of the molecule is NC(=O)COCCNS(=O)(=O)c1cnn(CC(=O)O)c1. The summed E-state index contributed by atoms with van der Waals surface area (Å²) in [7, 11) is -3.80. The molecular weight excluding hydrogens is 292 g/mol. The number of aliphatic carboxylic acids is 1. The van der Waals surface area contributed by atoms with E-state index in [0.29, 0.717) is 0 Å². The van der Waals surface area contributed by atoms with E-state index in [0.717, 1.165) is 17.1 Å². The highest BCUT2D eigenvalue weighted by Crippen LogP contribution is 2.06. The third-order valence-corrected chi connectivity index (χ3v) is 3.42. The first-order valence-electron chi connectivity index (χ1n) is 5.41. The zero-order chi connectivity index (χ0) is 15.2. The monoisotopic (exact) mass is 306 g/mol. The van der Waals surface area contributed by atoms with E-state index in [4.69, 9.17) is 15.6 Å². The van der Waals surface area contributed by atoms with Crippen LogP contribution in [0.1, 0.15) is 0 Å². The minimum absolute atomic E-state index is 0.0224. The molecule has 0 radical (unpaired) electrons. The van der Waals surface area contributed by atoms with Crippen molar-refractivity contribution in [2.75, 3.05) is 19.8 Å². The summed E-state index contributed by atoms with van der Waals surface area (Å²) >= 11 is 0. The molecular formula is C9H14N4O6S. The van der Waals surface area contributed by atoms with Crippen LogP contribution < -0.4 is 10.5 Å². The fourth-order valence-corrected chi connectivity index (χ4v) is 2.18. The second-order valence-electron chi connectivity index (χ2n) is 3.68. The van der Waals surface area contributed by atoms with Crippen molar-refractivity contribution < 1.29 is 27.9 Å². The second kappa shape index (κ2) is 6.98. The molecule has 0 aliphatic rings. The summed E-state index contributed by atoms with van der Waals surface area (Å²) in [5.41, 5.74) is 4.83. The number of carbonyl (C=O) groups is 2. The lowest BCUT2D eigenvalue weighted by Gasteiger charge is -2.04. The lowest BCUT2D eigenvalue weighted by molar-refractivity contribution is -0.137. The maximum Gasteiger partial charge on any atom is 0.325 e. The quantitative estimate of drug-likeness (QED) is 0.435. The number of carboxylic acids is 1. The molecule has 0 aliphatic heterocycles. The van der Waals surface area contributed by atoms with Gasteiger partial charge in [0, 0.05) is 12.7 Å². The lowest BCUT2D eigenvalue weighted by atomic mass is 10.6. The summed E-state index contributed by atoms with van der Waals surface area (Å²) in [5.74, 6) is -1.78. The number of rotatable bonds is 9. The maximum atomic E-state index is 11.8. The molecule has 11 heteroatoms. The standard InChI is InChI=1S/C9H14N4O6S/c10-8(14)6-19-2-1-12-20(17,18)7-3-11-13(4-7)5-9(15)16/h3-4,12H,1-2,5-6H2,(H2,10,14)(H,15,16). The first-order valence-corrected chi connectivity index (χ1v) is 6.89. The van der Waals surface area contributed by atoms with Crippen LogP contribution in [0.2, 0.25) is 0 Å². The van der Waals surface area contributed by atoms with Crippen LogP contribution >= 0.6 is 0 Å². The van der Waals surface area contributed by atoms with Crippen LogP contribution in [-0.2, 0) is 30.9 Å². The Labute approximate surface area is 114 Å². The van der Waals surface area contributed by atoms with Gasteiger partial charge in [-0.05, 0) is 0 Å². The van der Waals surface area contributed by atoms with Gasteiger partial charge in [0.2, 0.25) is 15.9 Å². The number of nitrogens with zero attached hydrogens (tertiary/aromatic N) is 2. The number of primary amides is 1. The number of sulfonamides is 1. The van der Waals surface area contributed by atoms with E-state index >= 15 is 0 Å². The van der Waals surface area contributed by atoms with Crippen LogP contribution in [0.5, 0.6) is 0 Å². The number of carbonyl (C=O) groups excluding carboxylic acids is 1. The zero-order valence-corrected chi connectivity index (χ0v) is 11.2. The van der Waals surface area contributed by atoms with Gasteiger partial charge in [-0.1, -0.05) is 0 Å². The number of hydrogen-bond donors (Lipinski definition) is 3. The van der Waals surface area contributed by atoms with E-state index in [-0.39, 0.29) is 24.7 Å². The average molecular weight is 306 g/mol. The van der Waals surface area contributed by atoms with Crippen molar-refractivity contribution in [1.29, 1.82) is 0 Å². The van der Waals surface area contributed by atoms with Crippen molar-refractivity contribution in [2.45, 2.75) is 11.4 Å². The van der Waals surface area contributed by atoms with E-state index in [2.05, 4.69) is 9.82 Å². The highest BCUT2D eigenvalue weighted by atomic mass is 32.2. The van der Waals surface area contributed by atoms with E-state index in [9.17, 15) is 18.0 Å². The molecule has 1 aromatic rings. The van der Waals surface area contributed by atoms with Gasteiger partial charge in [-0.25, -0.2) is 13.1 Å². The van der Waals surface area contributed by atoms with E-state index in [1.54, 1.807) is 0 Å². The van der Waals surface area contributed by atoms with Gasteiger partial charge in [0.05, 0.1) is 12.8 Å². The summed E-state index contributed by atoms with van der Waals surface area (Å²) in [6.07, 6.45) is 2.14. The summed E-state index contributed by atoms with van der Waals surface area (Å²) in [4.78, 5) is 20.7. The van der Waals surface area contributed by atoms with Crippen molar-refractivity contribution in [3.8, 4) is 0 Å². The molecule has 1 aromatic heterocycles. The number of aromatic nitrogens is 2. The van der Waals surface area contributed by atoms with Gasteiger partial charge in [-0.3, -0.25) is 14.3 Å². The van der Waals surface area contributed by atoms with Crippen molar-refractivity contribution >= 4 is 21.9 Å². The highest BCUT2D eigenvalue weighted by molar-refractivity contribution is 7.89. The Balaban J connectivity index is 2.49. The Morgan fingerprint density at radius 3 is 2.80 bits per heavy atom. The van der Waals surface area contributed by atoms with Crippen LogP contribution in [-0.4, -0.2) is 54.9 Å². The Kier molecular flexibility index (Phi) is 5.61. The van der Waals surface area contributed by atoms with Gasteiger partial charge in [0.1, 0.15) is 18.0 Å². The summed E-state index contributed by atoms with van der Waals surface area (Å²) in [5, 5.41) is 12.2. The minimum Gasteiger partial charge on any atom is -0.480 e. The fraction of sp³-hybridized carbons (Fsp3) is 0.444. The largest absolute Gasteiger partial charge is 0.480 e. The summed E-state index contributed by atoms with van der Waals surface area (Å²) < 4.78 is 31.5. The van der Waals surface area contributed by atoms with E-state index in [1.165, 1.54) is 0 Å². The molecule has 0 unspecified atom stereocenters. The third-order valence-electron chi connectivity index (χ3n) is 2.00. The van der Waals surface area contributed by atoms with Gasteiger partial charge < -0.3 is 15.6 Å². The van der Waals surface area contributed by atoms with Crippen molar-refractivity contribution in [2.24, 2.45) is 5.73 Å². The van der Waals surface area contributed by atoms with E-state index in [1.807, 2.05) is 0 Å². The first-order chi connectivity index (χ1) is 9.31. The fourth-order valence-electron chi connectivity index (χ4n) is 1.21. The number of nitrogens with two attached hydrogens (primary N) is 1. The molecule has 0 spiro atoms. The van der Waals surface area contributed by atoms with Gasteiger partial charge in [0.25, 0.3) is 0 Å². The Morgan fingerprint density at radius 1 is 1.50 bits per heavy atom. The van der Waals surface area contributed by atoms with Gasteiger partial charge in [-0.15, -0.1) is 0 Å². The zero-order valence-electron chi connectivity index (χ0n) is 10.4. The molecule has 0 aliphatic carbocycles. The van der Waals surface area contributed by atoms with E-state index < -0.39 is 28.4 Å². The third kappa shape index (κ3) is 5.34. The number of ether oxygens (including phenoxy) is 1. The molecule has 1 rings (SSSR count). The maximum absolute atomic E-state index is 11.8. The smallest absolute Gasteiger partial charge is 0.325 e. The van der Waals surface area contributed by atoms with Gasteiger partial charge in [-0.2, -0.15) is 5.10 Å². The first kappa shape index (κ1) is 16.1. The molecule has 0 atom stereocenters. The van der Waals surface area contributed by atoms with Crippen molar-refractivity contribution in [3.05, 3.63) is 12.4 Å². The predicted octanol–water partition coefficient (Wildman–Crippen LogP) is -2.25. The number of nitrogens with one attached hydrogen (secondary N) is 1. The average Bonchev–Trinajstić information content (AvgIpc) is 2.76. The molecule has 4 N–H and O–H groups in total. The molecule has 0 saturated carbocycles. The molecule has 0 saturated heterocycles. The van der Waals surface area contributed by atoms with Gasteiger partial charge >= 0.3 is 5.97 Å². The number of amides is 1. The topological polar surface area (TPSA) is 154 Å². The molecule has 20 heavy (non-hydrogen) atoms. The molecule has 0 fully saturated rings. The highest BCUT2D eigenvalue weighted by Gasteiger charge is 2.16. The number of carboxylic acid groups (broad SMARTS) is 1. The second-order valence-corrected chi connectivity index (χ2v) is 5.45. The van der Waals surface area contributed by atoms with Crippen LogP contribution in [0, 0.1) is 0 Å². The van der Waals surface area contributed by atoms with Crippen LogP contribution in [0.15, 0.2) is 17.3 Å². The Morgan fingerprint density at radius 2 is 2.20 bits per heavy atom. The normalized spacial score (nSPS) is 11.4. The van der Waals surface area contributed by atoms with Crippen LogP contribution in [0.4, 0.5) is 0 Å². The predicted molar refractivity (Wildman–Crippen MR) is 65.1 cm³/mol. The van der Waals surface area contributed by atoms with Crippen molar-refractivity contribution in [3.63, 3.8) is 0 Å². The van der Waals surface area contributed by atoms with Crippen LogP contribution in [0.3, 0.4) is 0 Å². The van der Waals surface area contributed by atoms with Gasteiger partial charge in [0.15, 0.2) is 0 Å².